The predicted octanol–water partition coefficient (Wildman–Crippen LogP) is 4.68. The predicted molar refractivity (Wildman–Crippen MR) is 133 cm³/mol. The average molecular weight is 481 g/mol. The van der Waals surface area contributed by atoms with Gasteiger partial charge in [0.2, 0.25) is 5.91 Å². The summed E-state index contributed by atoms with van der Waals surface area (Å²) in [6.07, 6.45) is 4.38. The van der Waals surface area contributed by atoms with Crippen molar-refractivity contribution in [2.24, 2.45) is 18.9 Å². The molecule has 3 atom stereocenters. The van der Waals surface area contributed by atoms with Crippen LogP contribution in [0.25, 0.3) is 11.3 Å². The minimum absolute atomic E-state index is 0.0965. The van der Waals surface area contributed by atoms with Crippen LogP contribution in [0.1, 0.15) is 70.3 Å². The summed E-state index contributed by atoms with van der Waals surface area (Å²) in [5, 5.41) is 0. The van der Waals surface area contributed by atoms with Crippen LogP contribution in [0, 0.1) is 17.7 Å². The molecular formula is C28H37FN4O2. The van der Waals surface area contributed by atoms with Gasteiger partial charge in [0.25, 0.3) is 0 Å². The molecule has 188 valence electrons. The zero-order valence-corrected chi connectivity index (χ0v) is 21.6. The Morgan fingerprint density at radius 2 is 1.89 bits per heavy atom. The Morgan fingerprint density at radius 3 is 2.54 bits per heavy atom. The quantitative estimate of drug-likeness (QED) is 0.626. The number of carbonyl (C=O) groups is 1. The van der Waals surface area contributed by atoms with Gasteiger partial charge in [0.05, 0.1) is 11.4 Å². The van der Waals surface area contributed by atoms with Crippen molar-refractivity contribution in [1.82, 2.24) is 19.4 Å². The van der Waals surface area contributed by atoms with E-state index < -0.39 is 5.60 Å². The smallest absolute Gasteiger partial charge is 0.225 e. The lowest BCUT2D eigenvalue weighted by Gasteiger charge is -2.45. The van der Waals surface area contributed by atoms with Gasteiger partial charge in [0.15, 0.2) is 17.2 Å². The number of hydrogen-bond donors (Lipinski definition) is 0. The number of ether oxygens (including phenoxy) is 1. The molecule has 2 saturated heterocycles. The summed E-state index contributed by atoms with van der Waals surface area (Å²) in [6, 6.07) is 5.13. The van der Waals surface area contributed by atoms with Crippen molar-refractivity contribution >= 4 is 5.91 Å². The van der Waals surface area contributed by atoms with Crippen LogP contribution in [0.3, 0.4) is 0 Å². The molecule has 7 heteroatoms. The van der Waals surface area contributed by atoms with Crippen LogP contribution in [0.4, 0.5) is 4.39 Å². The third-order valence-corrected chi connectivity index (χ3v) is 9.35. The summed E-state index contributed by atoms with van der Waals surface area (Å²) >= 11 is 0. The van der Waals surface area contributed by atoms with Crippen LogP contribution in [0.15, 0.2) is 18.2 Å². The Kier molecular flexibility index (Phi) is 5.12. The van der Waals surface area contributed by atoms with E-state index in [-0.39, 0.29) is 23.2 Å². The number of hydrogen-bond acceptors (Lipinski definition) is 4. The Bertz CT molecular complexity index is 1180. The van der Waals surface area contributed by atoms with Crippen molar-refractivity contribution in [2.45, 2.75) is 69.9 Å². The first-order valence-electron chi connectivity index (χ1n) is 13.2. The molecule has 3 fully saturated rings. The molecule has 3 aliphatic heterocycles. The second-order valence-corrected chi connectivity index (χ2v) is 12.0. The highest BCUT2D eigenvalue weighted by molar-refractivity contribution is 5.82. The molecule has 2 aromatic rings. The number of benzene rings is 1. The van der Waals surface area contributed by atoms with Gasteiger partial charge in [-0.1, -0.05) is 13.0 Å². The van der Waals surface area contributed by atoms with E-state index in [2.05, 4.69) is 44.3 Å². The number of amides is 1. The molecule has 1 spiro atoms. The maximum atomic E-state index is 15.0. The number of nitrogens with zero attached hydrogens (tertiary/aromatic N) is 4. The molecule has 35 heavy (non-hydrogen) atoms. The fourth-order valence-electron chi connectivity index (χ4n) is 6.69. The summed E-state index contributed by atoms with van der Waals surface area (Å²) in [7, 11) is 4.30. The minimum atomic E-state index is -0.669. The average Bonchev–Trinajstić information content (AvgIpc) is 3.45. The summed E-state index contributed by atoms with van der Waals surface area (Å²) < 4.78 is 23.9. The van der Waals surface area contributed by atoms with Crippen molar-refractivity contribution in [3.8, 4) is 17.0 Å². The van der Waals surface area contributed by atoms with E-state index in [1.165, 1.54) is 6.07 Å². The number of fused-ring (bicyclic) bond motifs is 4. The second kappa shape index (κ2) is 7.79. The molecule has 1 aromatic heterocycles. The number of imidazole rings is 1. The molecule has 4 heterocycles. The van der Waals surface area contributed by atoms with Gasteiger partial charge in [-0.15, -0.1) is 0 Å². The number of rotatable bonds is 2. The number of aromatic nitrogens is 2. The molecular weight excluding hydrogens is 443 g/mol. The molecule has 1 unspecified atom stereocenters. The lowest BCUT2D eigenvalue weighted by Crippen LogP contribution is -2.50. The highest BCUT2D eigenvalue weighted by atomic mass is 19.1. The first kappa shape index (κ1) is 23.0. The van der Waals surface area contributed by atoms with Gasteiger partial charge in [0, 0.05) is 55.9 Å². The van der Waals surface area contributed by atoms with E-state index >= 15 is 4.39 Å². The van der Waals surface area contributed by atoms with Gasteiger partial charge in [0.1, 0.15) is 5.82 Å². The van der Waals surface area contributed by atoms with Crippen molar-refractivity contribution in [1.29, 1.82) is 0 Å². The summed E-state index contributed by atoms with van der Waals surface area (Å²) in [5.74, 6) is 2.32. The molecule has 0 bridgehead atoms. The molecule has 6 nitrogen and oxygen atoms in total. The highest BCUT2D eigenvalue weighted by Gasteiger charge is 2.50. The van der Waals surface area contributed by atoms with E-state index in [1.807, 2.05) is 11.0 Å². The van der Waals surface area contributed by atoms with E-state index in [4.69, 9.17) is 9.72 Å². The van der Waals surface area contributed by atoms with Crippen molar-refractivity contribution in [3.63, 3.8) is 0 Å². The van der Waals surface area contributed by atoms with Gasteiger partial charge in [-0.25, -0.2) is 9.37 Å². The van der Waals surface area contributed by atoms with Crippen LogP contribution in [0.2, 0.25) is 0 Å². The van der Waals surface area contributed by atoms with Gasteiger partial charge in [-0.05, 0) is 64.8 Å². The molecule has 0 N–H and O–H groups in total. The van der Waals surface area contributed by atoms with Gasteiger partial charge >= 0.3 is 0 Å². The lowest BCUT2D eigenvalue weighted by molar-refractivity contribution is -0.137. The summed E-state index contributed by atoms with van der Waals surface area (Å²) in [4.78, 5) is 22.5. The van der Waals surface area contributed by atoms with Crippen LogP contribution in [-0.2, 0) is 17.4 Å². The highest BCUT2D eigenvalue weighted by Crippen LogP contribution is 2.52. The first-order chi connectivity index (χ1) is 16.6. The van der Waals surface area contributed by atoms with E-state index in [0.717, 1.165) is 48.6 Å². The van der Waals surface area contributed by atoms with Crippen molar-refractivity contribution < 1.29 is 13.9 Å². The lowest BCUT2D eigenvalue weighted by atomic mass is 9.82. The van der Waals surface area contributed by atoms with Crippen molar-refractivity contribution in [3.05, 3.63) is 35.5 Å². The van der Waals surface area contributed by atoms with E-state index in [1.54, 1.807) is 6.07 Å². The van der Waals surface area contributed by atoms with E-state index in [0.29, 0.717) is 43.5 Å². The van der Waals surface area contributed by atoms with E-state index in [9.17, 15) is 4.79 Å². The minimum Gasteiger partial charge on any atom is -0.477 e. The fraction of sp³-hybridized carbons (Fsp3) is 0.643. The molecule has 1 aliphatic carbocycles. The van der Waals surface area contributed by atoms with Gasteiger partial charge in [-0.3, -0.25) is 4.79 Å². The molecule has 0 radical (unpaired) electrons. The second-order valence-electron chi connectivity index (χ2n) is 12.0. The fourth-order valence-corrected chi connectivity index (χ4v) is 6.69. The molecule has 1 saturated carbocycles. The Morgan fingerprint density at radius 1 is 1.17 bits per heavy atom. The Labute approximate surface area is 207 Å². The third kappa shape index (κ3) is 3.52. The largest absolute Gasteiger partial charge is 0.477 e. The number of likely N-dealkylation sites (tertiary alicyclic amines) is 2. The number of carbonyl (C=O) groups excluding carboxylic acids is 1. The zero-order chi connectivity index (χ0) is 24.7. The maximum Gasteiger partial charge on any atom is 0.225 e. The number of para-hydroxylation sites is 1. The third-order valence-electron chi connectivity index (χ3n) is 9.35. The standard InChI is InChI=1S/C28H37FN4O2/c1-17-15-20(17)26(34)33-13-10-28(11-14-33)24-22(19-7-6-8-21(29)23(19)35-28)30-25(32(24)5)18-9-12-31(4)27(2,3)16-18/h6-8,17-18,20H,9-16H2,1-5H3/t17-,18?,20-/m0/s1. The summed E-state index contributed by atoms with van der Waals surface area (Å²) in [5.41, 5.74) is 2.08. The van der Waals surface area contributed by atoms with Crippen LogP contribution in [0.5, 0.6) is 5.75 Å². The maximum absolute atomic E-state index is 15.0. The van der Waals surface area contributed by atoms with Gasteiger partial charge < -0.3 is 19.1 Å². The number of piperidine rings is 2. The normalized spacial score (nSPS) is 28.9. The van der Waals surface area contributed by atoms with Crippen LogP contribution < -0.4 is 4.74 Å². The molecule has 1 amide bonds. The number of halogens is 1. The molecule has 4 aliphatic rings. The topological polar surface area (TPSA) is 50.6 Å². The van der Waals surface area contributed by atoms with Crippen LogP contribution >= 0.6 is 0 Å². The zero-order valence-electron chi connectivity index (χ0n) is 21.6. The molecule has 1 aromatic carbocycles. The Hall–Kier alpha value is -2.41. The van der Waals surface area contributed by atoms with Crippen LogP contribution in [-0.4, -0.2) is 57.5 Å². The SMILES string of the molecule is C[C@H]1C[C@@H]1C(=O)N1CCC2(CC1)Oc1c(F)cccc1-c1nc(C3CCN(C)C(C)(C)C3)n(C)c12. The van der Waals surface area contributed by atoms with Gasteiger partial charge in [-0.2, -0.15) is 0 Å². The van der Waals surface area contributed by atoms with Crippen molar-refractivity contribution in [2.75, 3.05) is 26.7 Å². The first-order valence-corrected chi connectivity index (χ1v) is 13.2. The Balaban J connectivity index is 1.39. The summed E-state index contributed by atoms with van der Waals surface area (Å²) in [6.45, 7) is 9.03. The monoisotopic (exact) mass is 480 g/mol. The molecule has 6 rings (SSSR count).